The maximum Gasteiger partial charge on any atom is 0.243 e. The van der Waals surface area contributed by atoms with Gasteiger partial charge in [0.15, 0.2) is 0 Å². The molecule has 2 amide bonds. The summed E-state index contributed by atoms with van der Waals surface area (Å²) in [6.45, 7) is 5.42. The summed E-state index contributed by atoms with van der Waals surface area (Å²) in [7, 11) is -2.45. The first-order chi connectivity index (χ1) is 16.1. The summed E-state index contributed by atoms with van der Waals surface area (Å²) in [5.41, 5.74) is 2.92. The first kappa shape index (κ1) is 25.9. The summed E-state index contributed by atoms with van der Waals surface area (Å²) >= 11 is 0. The van der Waals surface area contributed by atoms with Gasteiger partial charge in [-0.05, 0) is 51.3 Å². The molecule has 1 aliphatic carbocycles. The molecule has 0 radical (unpaired) electrons. The van der Waals surface area contributed by atoms with Crippen molar-refractivity contribution in [2.24, 2.45) is 0 Å². The summed E-state index contributed by atoms with van der Waals surface area (Å²) < 4.78 is 27.1. The molecule has 1 atom stereocenters. The van der Waals surface area contributed by atoms with E-state index in [9.17, 15) is 18.0 Å². The first-order valence-corrected chi connectivity index (χ1v) is 13.2. The van der Waals surface area contributed by atoms with E-state index in [1.807, 2.05) is 38.1 Å². The van der Waals surface area contributed by atoms with Crippen LogP contribution in [0.1, 0.15) is 49.3 Å². The van der Waals surface area contributed by atoms with E-state index in [0.717, 1.165) is 46.7 Å². The van der Waals surface area contributed by atoms with Crippen molar-refractivity contribution < 1.29 is 18.0 Å². The van der Waals surface area contributed by atoms with E-state index < -0.39 is 22.0 Å². The average molecular weight is 486 g/mol. The van der Waals surface area contributed by atoms with Gasteiger partial charge >= 0.3 is 0 Å². The Morgan fingerprint density at radius 3 is 2.06 bits per heavy atom. The highest BCUT2D eigenvalue weighted by molar-refractivity contribution is 7.89. The van der Waals surface area contributed by atoms with Crippen LogP contribution in [0, 0.1) is 13.8 Å². The number of hydrogen-bond donors (Lipinski definition) is 1. The molecule has 1 fully saturated rings. The van der Waals surface area contributed by atoms with E-state index in [1.165, 1.54) is 24.1 Å². The lowest BCUT2D eigenvalue weighted by Crippen LogP contribution is -2.52. The zero-order valence-electron chi connectivity index (χ0n) is 20.5. The van der Waals surface area contributed by atoms with Crippen LogP contribution in [0.2, 0.25) is 0 Å². The Morgan fingerprint density at radius 1 is 0.971 bits per heavy atom. The molecular weight excluding hydrogens is 450 g/mol. The number of benzene rings is 2. The highest BCUT2D eigenvalue weighted by atomic mass is 32.2. The van der Waals surface area contributed by atoms with Gasteiger partial charge in [0.2, 0.25) is 21.8 Å². The Balaban J connectivity index is 1.78. The highest BCUT2D eigenvalue weighted by Gasteiger charge is 2.31. The first-order valence-electron chi connectivity index (χ1n) is 11.8. The van der Waals surface area contributed by atoms with Crippen molar-refractivity contribution in [3.05, 3.63) is 65.2 Å². The minimum atomic E-state index is -3.84. The average Bonchev–Trinajstić information content (AvgIpc) is 3.31. The fourth-order valence-electron chi connectivity index (χ4n) is 4.12. The molecular formula is C26H35N3O4S. The number of carbonyl (C=O) groups is 2. The van der Waals surface area contributed by atoms with Crippen molar-refractivity contribution >= 4 is 21.8 Å². The van der Waals surface area contributed by atoms with Gasteiger partial charge in [0.05, 0.1) is 11.4 Å². The van der Waals surface area contributed by atoms with Gasteiger partial charge in [0.1, 0.15) is 6.04 Å². The molecule has 3 rings (SSSR count). The Labute approximate surface area is 203 Å². The van der Waals surface area contributed by atoms with Crippen LogP contribution in [0.4, 0.5) is 0 Å². The maximum absolute atomic E-state index is 13.4. The van der Waals surface area contributed by atoms with Crippen LogP contribution in [0.3, 0.4) is 0 Å². The van der Waals surface area contributed by atoms with Crippen LogP contribution in [-0.2, 0) is 26.2 Å². The van der Waals surface area contributed by atoms with Crippen molar-refractivity contribution in [1.82, 2.24) is 14.5 Å². The largest absolute Gasteiger partial charge is 0.352 e. The number of rotatable bonds is 9. The second-order valence-electron chi connectivity index (χ2n) is 9.25. The molecule has 1 saturated carbocycles. The van der Waals surface area contributed by atoms with Crippen LogP contribution >= 0.6 is 0 Å². The number of nitrogens with one attached hydrogen (secondary N) is 1. The van der Waals surface area contributed by atoms with Gasteiger partial charge in [-0.3, -0.25) is 9.59 Å². The molecule has 0 saturated heterocycles. The van der Waals surface area contributed by atoms with Crippen molar-refractivity contribution in [1.29, 1.82) is 0 Å². The molecule has 0 aromatic heterocycles. The fraction of sp³-hybridized carbons (Fsp3) is 0.462. The van der Waals surface area contributed by atoms with Gasteiger partial charge in [0.25, 0.3) is 0 Å². The van der Waals surface area contributed by atoms with Crippen LogP contribution in [0.25, 0.3) is 0 Å². The number of amides is 2. The number of sulfonamides is 1. The van der Waals surface area contributed by atoms with E-state index in [-0.39, 0.29) is 29.9 Å². The number of nitrogens with zero attached hydrogens (tertiary/aromatic N) is 2. The molecule has 8 heteroatoms. The predicted molar refractivity (Wildman–Crippen MR) is 133 cm³/mol. The van der Waals surface area contributed by atoms with Crippen LogP contribution in [0.15, 0.2) is 53.4 Å². The van der Waals surface area contributed by atoms with E-state index in [4.69, 9.17) is 0 Å². The van der Waals surface area contributed by atoms with Gasteiger partial charge in [-0.15, -0.1) is 0 Å². The minimum absolute atomic E-state index is 0.130. The number of aryl methyl sites for hydroxylation is 2. The SMILES string of the molecule is Cc1ccc(CN(C(=O)CN(C)S(=O)(=O)c2ccc(C)cc2)[C@@H](C)C(=O)NC2CCCC2)cc1. The summed E-state index contributed by atoms with van der Waals surface area (Å²) in [5.74, 6) is -0.635. The van der Waals surface area contributed by atoms with Crippen molar-refractivity contribution in [2.75, 3.05) is 13.6 Å². The third-order valence-corrected chi connectivity index (χ3v) is 8.25. The lowest BCUT2D eigenvalue weighted by Gasteiger charge is -2.31. The standard InChI is InChI=1S/C26H35N3O4S/c1-19-9-13-22(14-10-19)17-29(21(3)26(31)27-23-7-5-6-8-23)25(30)18-28(4)34(32,33)24-15-11-20(2)12-16-24/h9-16,21,23H,5-8,17-18H2,1-4H3,(H,27,31)/t21-/m0/s1. The molecule has 0 bridgehead atoms. The quantitative estimate of drug-likeness (QED) is 0.590. The zero-order valence-corrected chi connectivity index (χ0v) is 21.3. The molecule has 7 nitrogen and oxygen atoms in total. The zero-order chi connectivity index (χ0) is 24.9. The van der Waals surface area contributed by atoms with Gasteiger partial charge in [-0.1, -0.05) is 60.4 Å². The van der Waals surface area contributed by atoms with Gasteiger partial charge in [0, 0.05) is 19.6 Å². The van der Waals surface area contributed by atoms with Crippen molar-refractivity contribution in [3.8, 4) is 0 Å². The fourth-order valence-corrected chi connectivity index (χ4v) is 5.24. The van der Waals surface area contributed by atoms with Crippen molar-refractivity contribution in [3.63, 3.8) is 0 Å². The smallest absolute Gasteiger partial charge is 0.243 e. The number of likely N-dealkylation sites (N-methyl/N-ethyl adjacent to an activating group) is 1. The Hall–Kier alpha value is -2.71. The lowest BCUT2D eigenvalue weighted by molar-refractivity contribution is -0.140. The van der Waals surface area contributed by atoms with Crippen molar-refractivity contribution in [2.45, 2.75) is 70.0 Å². The molecule has 0 spiro atoms. The number of hydrogen-bond acceptors (Lipinski definition) is 4. The molecule has 0 heterocycles. The highest BCUT2D eigenvalue weighted by Crippen LogP contribution is 2.19. The van der Waals surface area contributed by atoms with E-state index >= 15 is 0 Å². The second kappa shape index (κ2) is 11.1. The van der Waals surface area contributed by atoms with E-state index in [2.05, 4.69) is 5.32 Å². The monoisotopic (exact) mass is 485 g/mol. The van der Waals surface area contributed by atoms with Crippen LogP contribution in [-0.4, -0.2) is 55.1 Å². The van der Waals surface area contributed by atoms with Gasteiger partial charge in [-0.2, -0.15) is 4.31 Å². The molecule has 2 aromatic rings. The molecule has 0 unspecified atom stereocenters. The summed E-state index contributed by atoms with van der Waals surface area (Å²) in [6, 6.07) is 13.7. The Kier molecular flexibility index (Phi) is 8.49. The lowest BCUT2D eigenvalue weighted by atomic mass is 10.1. The predicted octanol–water partition coefficient (Wildman–Crippen LogP) is 3.40. The number of carbonyl (C=O) groups excluding carboxylic acids is 2. The van der Waals surface area contributed by atoms with E-state index in [0.29, 0.717) is 0 Å². The van der Waals surface area contributed by atoms with Gasteiger partial charge < -0.3 is 10.2 Å². The summed E-state index contributed by atoms with van der Waals surface area (Å²) in [4.78, 5) is 28.0. The van der Waals surface area contributed by atoms with Crippen LogP contribution < -0.4 is 5.32 Å². The molecule has 1 aliphatic rings. The molecule has 34 heavy (non-hydrogen) atoms. The molecule has 2 aromatic carbocycles. The molecule has 1 N–H and O–H groups in total. The van der Waals surface area contributed by atoms with Gasteiger partial charge in [-0.25, -0.2) is 8.42 Å². The Morgan fingerprint density at radius 2 is 1.50 bits per heavy atom. The summed E-state index contributed by atoms with van der Waals surface area (Å²) in [5, 5.41) is 3.06. The minimum Gasteiger partial charge on any atom is -0.352 e. The van der Waals surface area contributed by atoms with E-state index in [1.54, 1.807) is 19.1 Å². The molecule has 0 aliphatic heterocycles. The topological polar surface area (TPSA) is 86.8 Å². The molecule has 184 valence electrons. The second-order valence-corrected chi connectivity index (χ2v) is 11.3. The Bertz CT molecular complexity index is 1090. The maximum atomic E-state index is 13.4. The third-order valence-electron chi connectivity index (χ3n) is 6.43. The normalized spacial score (nSPS) is 15.3. The summed E-state index contributed by atoms with van der Waals surface area (Å²) in [6.07, 6.45) is 4.07. The third kappa shape index (κ3) is 6.45. The van der Waals surface area contributed by atoms with Crippen LogP contribution in [0.5, 0.6) is 0 Å².